The van der Waals surface area contributed by atoms with Crippen molar-refractivity contribution in [1.82, 2.24) is 24.5 Å². The van der Waals surface area contributed by atoms with Crippen LogP contribution in [-0.2, 0) is 11.3 Å². The number of aryl methyl sites for hydroxylation is 2. The van der Waals surface area contributed by atoms with Gasteiger partial charge in [-0.2, -0.15) is 23.4 Å². The summed E-state index contributed by atoms with van der Waals surface area (Å²) in [4.78, 5) is 18.8. The van der Waals surface area contributed by atoms with Crippen molar-refractivity contribution in [2.24, 2.45) is 0 Å². The lowest BCUT2D eigenvalue weighted by molar-refractivity contribution is -0.173. The van der Waals surface area contributed by atoms with Crippen LogP contribution < -0.4 is 4.90 Å². The van der Waals surface area contributed by atoms with E-state index in [-0.39, 0.29) is 52.5 Å². The number of hydrogen-bond donors (Lipinski definition) is 0. The number of carbonyl (C=O) groups is 1. The van der Waals surface area contributed by atoms with Crippen LogP contribution in [0.15, 0.2) is 34.9 Å². The quantitative estimate of drug-likeness (QED) is 0.374. The van der Waals surface area contributed by atoms with Crippen molar-refractivity contribution in [3.8, 4) is 11.5 Å². The van der Waals surface area contributed by atoms with Crippen molar-refractivity contribution in [1.29, 1.82) is 0 Å². The minimum atomic E-state index is -4.52. The lowest BCUT2D eigenvalue weighted by Gasteiger charge is -2.33. The molecule has 5 rings (SSSR count). The molecule has 0 saturated carbocycles. The second kappa shape index (κ2) is 8.17. The Morgan fingerprint density at radius 1 is 1.23 bits per heavy atom. The van der Waals surface area contributed by atoms with E-state index < -0.39 is 31.1 Å². The van der Waals surface area contributed by atoms with Gasteiger partial charge in [-0.25, -0.2) is 23.1 Å². The fourth-order valence-corrected chi connectivity index (χ4v) is 4.41. The summed E-state index contributed by atoms with van der Waals surface area (Å²) in [5, 5.41) is 8.29. The molecule has 0 saturated heterocycles. The zero-order chi connectivity index (χ0) is 25.1. The second-order valence-electron chi connectivity index (χ2n) is 8.30. The van der Waals surface area contributed by atoms with Gasteiger partial charge in [-0.3, -0.25) is 9.69 Å². The number of nitrogens with zero attached hydrogens (tertiary/aromatic N) is 6. The molecule has 4 aromatic rings. The highest BCUT2D eigenvalue weighted by Gasteiger charge is 2.46. The van der Waals surface area contributed by atoms with Crippen molar-refractivity contribution < 1.29 is 31.2 Å². The summed E-state index contributed by atoms with van der Waals surface area (Å²) in [6.45, 7) is 2.47. The molecular weight excluding hydrogens is 475 g/mol. The maximum atomic E-state index is 13.9. The highest BCUT2D eigenvalue weighted by molar-refractivity contribution is 5.94. The minimum Gasteiger partial charge on any atom is -0.463 e. The first-order valence-electron chi connectivity index (χ1n) is 10.7. The zero-order valence-corrected chi connectivity index (χ0v) is 18.6. The Morgan fingerprint density at radius 3 is 2.66 bits per heavy atom. The molecule has 1 atom stereocenters. The van der Waals surface area contributed by atoms with Crippen LogP contribution in [0, 0.1) is 13.8 Å². The highest BCUT2D eigenvalue weighted by atomic mass is 19.4. The third kappa shape index (κ3) is 3.94. The lowest BCUT2D eigenvalue weighted by atomic mass is 10.1. The van der Waals surface area contributed by atoms with Crippen LogP contribution in [0.5, 0.6) is 0 Å². The van der Waals surface area contributed by atoms with Crippen molar-refractivity contribution in [3.63, 3.8) is 0 Å². The molecule has 5 heterocycles. The molecule has 35 heavy (non-hydrogen) atoms. The molecule has 0 N–H and O–H groups in total. The Kier molecular flexibility index (Phi) is 5.37. The molecule has 0 aromatic carbocycles. The van der Waals surface area contributed by atoms with Crippen LogP contribution in [0.25, 0.3) is 22.5 Å². The molecule has 0 bridgehead atoms. The van der Waals surface area contributed by atoms with Crippen molar-refractivity contribution in [3.05, 3.63) is 47.5 Å². The van der Waals surface area contributed by atoms with E-state index in [1.165, 1.54) is 41.8 Å². The van der Waals surface area contributed by atoms with Gasteiger partial charge in [-0.05, 0) is 38.5 Å². The molecule has 0 spiro atoms. The number of anilines is 1. The average Bonchev–Trinajstić information content (AvgIpc) is 3.51. The number of pyridine rings is 1. The maximum absolute atomic E-state index is 13.9. The molecule has 0 fully saturated rings. The average molecular weight is 494 g/mol. The summed E-state index contributed by atoms with van der Waals surface area (Å²) in [5.74, 6) is -0.286. The highest BCUT2D eigenvalue weighted by Crippen LogP contribution is 2.40. The molecule has 1 aliphatic rings. The van der Waals surface area contributed by atoms with Gasteiger partial charge in [-0.1, -0.05) is 0 Å². The van der Waals surface area contributed by atoms with Crippen molar-refractivity contribution >= 4 is 22.8 Å². The van der Waals surface area contributed by atoms with Crippen molar-refractivity contribution in [2.75, 3.05) is 11.4 Å². The third-order valence-corrected chi connectivity index (χ3v) is 5.92. The monoisotopic (exact) mass is 494 g/mol. The van der Waals surface area contributed by atoms with Gasteiger partial charge < -0.3 is 4.42 Å². The SMILES string of the molecule is Cc1cc2n(n1)C(C(F)(F)F)CCN2C(=O)Cn1nc(C)c2c(C(F)F)cc(-c3ccco3)nc21. The van der Waals surface area contributed by atoms with E-state index in [0.29, 0.717) is 5.69 Å². The number of rotatable bonds is 4. The van der Waals surface area contributed by atoms with E-state index >= 15 is 0 Å². The normalized spacial score (nSPS) is 16.3. The van der Waals surface area contributed by atoms with Crippen LogP contribution in [-0.4, -0.2) is 43.2 Å². The minimum absolute atomic E-state index is 0.0201. The Bertz CT molecular complexity index is 1410. The Hall–Kier alpha value is -3.77. The van der Waals surface area contributed by atoms with Gasteiger partial charge in [0.1, 0.15) is 18.1 Å². The van der Waals surface area contributed by atoms with Gasteiger partial charge in [-0.15, -0.1) is 0 Å². The zero-order valence-electron chi connectivity index (χ0n) is 18.6. The Morgan fingerprint density at radius 2 is 2.00 bits per heavy atom. The van der Waals surface area contributed by atoms with E-state index in [1.54, 1.807) is 12.1 Å². The number of furan rings is 1. The molecular formula is C22H19F5N6O2. The molecule has 1 aliphatic heterocycles. The summed E-state index contributed by atoms with van der Waals surface area (Å²) in [6, 6.07) is 3.94. The fraction of sp³-hybridized carbons (Fsp3) is 0.364. The molecule has 13 heteroatoms. The number of halogens is 5. The number of fused-ring (bicyclic) bond motifs is 2. The first-order chi connectivity index (χ1) is 16.5. The maximum Gasteiger partial charge on any atom is 0.410 e. The van der Waals surface area contributed by atoms with Crippen molar-refractivity contribution in [2.45, 2.75) is 45.5 Å². The van der Waals surface area contributed by atoms with E-state index in [9.17, 15) is 26.7 Å². The summed E-state index contributed by atoms with van der Waals surface area (Å²) in [5.41, 5.74) is 0.470. The number of aromatic nitrogens is 5. The van der Waals surface area contributed by atoms with E-state index in [2.05, 4.69) is 15.2 Å². The van der Waals surface area contributed by atoms with Gasteiger partial charge in [0.25, 0.3) is 6.43 Å². The van der Waals surface area contributed by atoms with Crippen LogP contribution in [0.2, 0.25) is 0 Å². The number of hydrogen-bond acceptors (Lipinski definition) is 5. The van der Waals surface area contributed by atoms with Gasteiger partial charge in [0.05, 0.1) is 23.0 Å². The lowest BCUT2D eigenvalue weighted by Crippen LogP contribution is -2.44. The van der Waals surface area contributed by atoms with Gasteiger partial charge in [0.2, 0.25) is 5.91 Å². The molecule has 184 valence electrons. The van der Waals surface area contributed by atoms with E-state index in [4.69, 9.17) is 4.42 Å². The Labute approximate surface area is 194 Å². The molecule has 1 amide bonds. The van der Waals surface area contributed by atoms with Crippen LogP contribution >= 0.6 is 0 Å². The molecule has 4 aromatic heterocycles. The molecule has 1 unspecified atom stereocenters. The van der Waals surface area contributed by atoms with Gasteiger partial charge >= 0.3 is 6.18 Å². The standard InChI is InChI=1S/C22H19F5N6O2/c1-11-8-17-31(6-5-16(22(25,26)27)33(17)29-11)18(34)10-32-21-19(12(2)30-32)13(20(23)24)9-14(28-21)15-4-3-7-35-15/h3-4,7-9,16,20H,5-6,10H2,1-2H3. The van der Waals surface area contributed by atoms with E-state index in [0.717, 1.165) is 4.68 Å². The predicted octanol–water partition coefficient (Wildman–Crippen LogP) is 4.98. The summed E-state index contributed by atoms with van der Waals surface area (Å²) >= 11 is 0. The summed E-state index contributed by atoms with van der Waals surface area (Å²) in [7, 11) is 0. The summed E-state index contributed by atoms with van der Waals surface area (Å²) in [6.07, 6.45) is -6.33. The third-order valence-electron chi connectivity index (χ3n) is 5.92. The first kappa shape index (κ1) is 23.0. The molecule has 8 nitrogen and oxygen atoms in total. The largest absolute Gasteiger partial charge is 0.463 e. The Balaban J connectivity index is 1.54. The first-order valence-corrected chi connectivity index (χ1v) is 10.7. The number of alkyl halides is 5. The van der Waals surface area contributed by atoms with Crippen LogP contribution in [0.3, 0.4) is 0 Å². The van der Waals surface area contributed by atoms with Gasteiger partial charge in [0, 0.05) is 18.2 Å². The van der Waals surface area contributed by atoms with Crippen LogP contribution in [0.1, 0.15) is 35.8 Å². The molecule has 0 radical (unpaired) electrons. The summed E-state index contributed by atoms with van der Waals surface area (Å²) < 4.78 is 75.5. The van der Waals surface area contributed by atoms with Gasteiger partial charge in [0.15, 0.2) is 17.4 Å². The fourth-order valence-electron chi connectivity index (χ4n) is 4.41. The van der Waals surface area contributed by atoms with Crippen LogP contribution in [0.4, 0.5) is 27.8 Å². The number of carbonyl (C=O) groups excluding carboxylic acids is 1. The second-order valence-corrected chi connectivity index (χ2v) is 8.30. The molecule has 0 aliphatic carbocycles. The number of amides is 1. The predicted molar refractivity (Wildman–Crippen MR) is 114 cm³/mol. The smallest absolute Gasteiger partial charge is 0.410 e. The topological polar surface area (TPSA) is 82.0 Å². The van der Waals surface area contributed by atoms with E-state index in [1.807, 2.05) is 0 Å².